The zero-order valence-corrected chi connectivity index (χ0v) is 12.0. The van der Waals surface area contributed by atoms with Crippen LogP contribution in [0.1, 0.15) is 33.6 Å². The molecule has 106 valence electrons. The van der Waals surface area contributed by atoms with E-state index < -0.39 is 11.7 Å². The van der Waals surface area contributed by atoms with Crippen LogP contribution in [0.2, 0.25) is 0 Å². The third-order valence-electron chi connectivity index (χ3n) is 2.61. The van der Waals surface area contributed by atoms with E-state index in [0.29, 0.717) is 13.0 Å². The second kappa shape index (κ2) is 6.57. The summed E-state index contributed by atoms with van der Waals surface area (Å²) in [6.45, 7) is 9.92. The molecule has 1 amide bonds. The summed E-state index contributed by atoms with van der Waals surface area (Å²) in [5, 5.41) is 2.71. The largest absolute Gasteiger partial charge is 0.444 e. The predicted molar refractivity (Wildman–Crippen MR) is 77.8 cm³/mol. The fourth-order valence-corrected chi connectivity index (χ4v) is 1.73. The molecular formula is C15H24N2O2. The van der Waals surface area contributed by atoms with Gasteiger partial charge in [0.1, 0.15) is 5.60 Å². The second-order valence-electron chi connectivity index (χ2n) is 5.73. The molecule has 3 N–H and O–H groups in total. The van der Waals surface area contributed by atoms with Crippen LogP contribution in [0.3, 0.4) is 0 Å². The number of carbonyl (C=O) groups excluding carboxylic acids is 1. The van der Waals surface area contributed by atoms with Gasteiger partial charge in [-0.3, -0.25) is 0 Å². The molecule has 0 radical (unpaired) electrons. The van der Waals surface area contributed by atoms with Crippen LogP contribution in [0.15, 0.2) is 36.0 Å². The van der Waals surface area contributed by atoms with E-state index in [1.807, 2.05) is 32.9 Å². The van der Waals surface area contributed by atoms with Crippen molar-refractivity contribution in [3.05, 3.63) is 36.0 Å². The smallest absolute Gasteiger partial charge is 0.407 e. The lowest BCUT2D eigenvalue weighted by Crippen LogP contribution is -2.35. The van der Waals surface area contributed by atoms with Gasteiger partial charge in [-0.25, -0.2) is 4.79 Å². The minimum absolute atomic E-state index is 0.0942. The lowest BCUT2D eigenvalue weighted by Gasteiger charge is -2.20. The lowest BCUT2D eigenvalue weighted by atomic mass is 9.96. The Labute approximate surface area is 115 Å². The van der Waals surface area contributed by atoms with Crippen molar-refractivity contribution < 1.29 is 9.53 Å². The Morgan fingerprint density at radius 2 is 2.26 bits per heavy atom. The first-order chi connectivity index (χ1) is 8.78. The summed E-state index contributed by atoms with van der Waals surface area (Å²) in [5.41, 5.74) is 7.72. The number of hydrogen-bond donors (Lipinski definition) is 2. The van der Waals surface area contributed by atoms with Gasteiger partial charge in [0.2, 0.25) is 0 Å². The van der Waals surface area contributed by atoms with Gasteiger partial charge in [-0.2, -0.15) is 0 Å². The minimum Gasteiger partial charge on any atom is -0.444 e. The molecule has 0 aliphatic heterocycles. The second-order valence-corrected chi connectivity index (χ2v) is 5.73. The first kappa shape index (κ1) is 15.5. The summed E-state index contributed by atoms with van der Waals surface area (Å²) in [6, 6.07) is -0.0942. The van der Waals surface area contributed by atoms with Crippen LogP contribution in [0, 0.1) is 0 Å². The van der Waals surface area contributed by atoms with Crippen LogP contribution in [0.25, 0.3) is 0 Å². The first-order valence-electron chi connectivity index (χ1n) is 6.56. The first-order valence-corrected chi connectivity index (χ1v) is 6.56. The van der Waals surface area contributed by atoms with Gasteiger partial charge in [0.05, 0.1) is 0 Å². The van der Waals surface area contributed by atoms with E-state index in [1.54, 1.807) is 0 Å². The number of amides is 1. The molecule has 0 aromatic carbocycles. The van der Waals surface area contributed by atoms with Crippen molar-refractivity contribution in [1.29, 1.82) is 0 Å². The molecule has 1 atom stereocenters. The molecule has 4 heteroatoms. The molecule has 1 rings (SSSR count). The van der Waals surface area contributed by atoms with Crippen molar-refractivity contribution in [1.82, 2.24) is 5.32 Å². The maximum absolute atomic E-state index is 11.5. The third kappa shape index (κ3) is 6.25. The quantitative estimate of drug-likeness (QED) is 0.820. The molecule has 0 spiro atoms. The maximum atomic E-state index is 11.5. The molecule has 0 fully saturated rings. The third-order valence-corrected chi connectivity index (χ3v) is 2.61. The van der Waals surface area contributed by atoms with Gasteiger partial charge in [0, 0.05) is 12.6 Å². The van der Waals surface area contributed by atoms with Crippen molar-refractivity contribution in [3.63, 3.8) is 0 Å². The van der Waals surface area contributed by atoms with Gasteiger partial charge in [-0.1, -0.05) is 30.4 Å². The van der Waals surface area contributed by atoms with Gasteiger partial charge in [0.25, 0.3) is 0 Å². The number of hydrogen-bond acceptors (Lipinski definition) is 3. The molecule has 0 aromatic rings. The topological polar surface area (TPSA) is 64.3 Å². The number of nitrogens with one attached hydrogen (secondary N) is 1. The van der Waals surface area contributed by atoms with E-state index in [1.165, 1.54) is 0 Å². The molecule has 1 aliphatic rings. The van der Waals surface area contributed by atoms with E-state index in [0.717, 1.165) is 17.6 Å². The van der Waals surface area contributed by atoms with Gasteiger partial charge >= 0.3 is 6.09 Å². The summed E-state index contributed by atoms with van der Waals surface area (Å²) in [4.78, 5) is 11.5. The standard InChI is InChI=1S/C15H24N2O2/c1-11-6-5-7-12(10-11)13(16)8-9-17-14(18)19-15(2,3)4/h5,7,10,13H,1,6,8-9,16H2,2-4H3,(H,17,18)/t13-/m0/s1. The Morgan fingerprint density at radius 1 is 1.58 bits per heavy atom. The Morgan fingerprint density at radius 3 is 2.84 bits per heavy atom. The fraction of sp³-hybridized carbons (Fsp3) is 0.533. The molecule has 19 heavy (non-hydrogen) atoms. The number of allylic oxidation sites excluding steroid dienone is 3. The van der Waals surface area contributed by atoms with Crippen LogP contribution in [0.5, 0.6) is 0 Å². The lowest BCUT2D eigenvalue weighted by molar-refractivity contribution is 0.0527. The van der Waals surface area contributed by atoms with Crippen molar-refractivity contribution in [2.45, 2.75) is 45.3 Å². The van der Waals surface area contributed by atoms with Crippen molar-refractivity contribution in [2.75, 3.05) is 6.54 Å². The predicted octanol–water partition coefficient (Wildman–Crippen LogP) is 2.67. The number of alkyl carbamates (subject to hydrolysis) is 1. The summed E-state index contributed by atoms with van der Waals surface area (Å²) in [7, 11) is 0. The van der Waals surface area contributed by atoms with Crippen LogP contribution >= 0.6 is 0 Å². The van der Waals surface area contributed by atoms with E-state index >= 15 is 0 Å². The highest BCUT2D eigenvalue weighted by Gasteiger charge is 2.16. The van der Waals surface area contributed by atoms with Crippen LogP contribution < -0.4 is 11.1 Å². The highest BCUT2D eigenvalue weighted by Crippen LogP contribution is 2.17. The Balaban J connectivity index is 2.31. The SMILES string of the molecule is C=C1C=C([C@@H](N)CCNC(=O)OC(C)(C)C)C=CC1. The number of ether oxygens (including phenoxy) is 1. The molecule has 0 saturated carbocycles. The highest BCUT2D eigenvalue weighted by molar-refractivity contribution is 5.67. The van der Waals surface area contributed by atoms with Crippen molar-refractivity contribution >= 4 is 6.09 Å². The van der Waals surface area contributed by atoms with Gasteiger partial charge in [-0.05, 0) is 39.2 Å². The summed E-state index contributed by atoms with van der Waals surface area (Å²) in [5.74, 6) is 0. The van der Waals surface area contributed by atoms with Crippen molar-refractivity contribution in [2.24, 2.45) is 5.73 Å². The van der Waals surface area contributed by atoms with Gasteiger partial charge in [0.15, 0.2) is 0 Å². The molecule has 1 aliphatic carbocycles. The number of rotatable bonds is 4. The number of carbonyl (C=O) groups is 1. The van der Waals surface area contributed by atoms with E-state index in [-0.39, 0.29) is 6.04 Å². The fourth-order valence-electron chi connectivity index (χ4n) is 1.73. The van der Waals surface area contributed by atoms with Gasteiger partial charge in [-0.15, -0.1) is 0 Å². The van der Waals surface area contributed by atoms with E-state index in [2.05, 4.69) is 18.0 Å². The summed E-state index contributed by atoms with van der Waals surface area (Å²) in [6.07, 6.45) is 7.23. The monoisotopic (exact) mass is 264 g/mol. The molecule has 0 bridgehead atoms. The minimum atomic E-state index is -0.474. The summed E-state index contributed by atoms with van der Waals surface area (Å²) >= 11 is 0. The molecule has 0 saturated heterocycles. The Hall–Kier alpha value is -1.55. The summed E-state index contributed by atoms with van der Waals surface area (Å²) < 4.78 is 5.15. The Bertz CT molecular complexity index is 403. The van der Waals surface area contributed by atoms with E-state index in [4.69, 9.17) is 10.5 Å². The average molecular weight is 264 g/mol. The zero-order valence-electron chi connectivity index (χ0n) is 12.0. The van der Waals surface area contributed by atoms with E-state index in [9.17, 15) is 4.79 Å². The van der Waals surface area contributed by atoms with Crippen LogP contribution in [-0.4, -0.2) is 24.3 Å². The van der Waals surface area contributed by atoms with Crippen molar-refractivity contribution in [3.8, 4) is 0 Å². The Kier molecular flexibility index (Phi) is 5.36. The maximum Gasteiger partial charge on any atom is 0.407 e. The molecule has 4 nitrogen and oxygen atoms in total. The number of nitrogens with two attached hydrogens (primary N) is 1. The molecule has 0 heterocycles. The van der Waals surface area contributed by atoms with Gasteiger partial charge < -0.3 is 15.8 Å². The molecular weight excluding hydrogens is 240 g/mol. The van der Waals surface area contributed by atoms with Crippen LogP contribution in [0.4, 0.5) is 4.79 Å². The normalized spacial score (nSPS) is 16.8. The average Bonchev–Trinajstić information content (AvgIpc) is 2.26. The van der Waals surface area contributed by atoms with Crippen LogP contribution in [-0.2, 0) is 4.74 Å². The molecule has 0 aromatic heterocycles. The zero-order chi connectivity index (χ0) is 14.5. The highest BCUT2D eigenvalue weighted by atomic mass is 16.6. The molecule has 0 unspecified atom stereocenters.